The van der Waals surface area contributed by atoms with Gasteiger partial charge in [0.1, 0.15) is 5.60 Å². The summed E-state index contributed by atoms with van der Waals surface area (Å²) in [6, 6.07) is 0. The Labute approximate surface area is 151 Å². The number of carbonyl (C=O) groups excluding carboxylic acids is 1. The summed E-state index contributed by atoms with van der Waals surface area (Å²) in [5.74, 6) is 1.81. The Hall–Kier alpha value is 0.170. The van der Waals surface area contributed by atoms with Crippen molar-refractivity contribution in [3.05, 3.63) is 0 Å². The van der Waals surface area contributed by atoms with Gasteiger partial charge >= 0.3 is 5.97 Å². The van der Waals surface area contributed by atoms with E-state index in [1.807, 2.05) is 35.4 Å². The zero-order chi connectivity index (χ0) is 17.7. The van der Waals surface area contributed by atoms with Crippen LogP contribution in [0.15, 0.2) is 0 Å². The zero-order valence-corrected chi connectivity index (χ0v) is 17.8. The molecule has 0 saturated carbocycles. The van der Waals surface area contributed by atoms with E-state index in [2.05, 4.69) is 34.6 Å². The molecule has 0 spiro atoms. The van der Waals surface area contributed by atoms with E-state index < -0.39 is 0 Å². The van der Waals surface area contributed by atoms with Gasteiger partial charge in [-0.05, 0) is 57.8 Å². The van der Waals surface area contributed by atoms with E-state index in [9.17, 15) is 4.79 Å². The lowest BCUT2D eigenvalue weighted by atomic mass is 9.73. The van der Waals surface area contributed by atoms with Gasteiger partial charge in [0.05, 0.1) is 0 Å². The first-order valence-corrected chi connectivity index (χ1v) is 11.3. The van der Waals surface area contributed by atoms with E-state index in [0.717, 1.165) is 19.3 Å². The molecule has 0 radical (unpaired) electrons. The van der Waals surface area contributed by atoms with E-state index in [4.69, 9.17) is 4.74 Å². The molecule has 2 nitrogen and oxygen atoms in total. The summed E-state index contributed by atoms with van der Waals surface area (Å²) in [6.07, 6.45) is 6.03. The number of hydrogen-bond donors (Lipinski definition) is 0. The minimum absolute atomic E-state index is 0.0341. The van der Waals surface area contributed by atoms with E-state index in [1.54, 1.807) is 0 Å². The fourth-order valence-electron chi connectivity index (χ4n) is 3.11. The Kier molecular flexibility index (Phi) is 7.85. The van der Waals surface area contributed by atoms with Crippen molar-refractivity contribution in [2.45, 2.75) is 97.3 Å². The molecule has 1 aliphatic heterocycles. The van der Waals surface area contributed by atoms with Gasteiger partial charge in [-0.3, -0.25) is 4.79 Å². The van der Waals surface area contributed by atoms with Crippen molar-refractivity contribution in [1.29, 1.82) is 0 Å². The fourth-order valence-corrected chi connectivity index (χ4v) is 6.41. The van der Waals surface area contributed by atoms with Crippen LogP contribution in [-0.2, 0) is 9.53 Å². The highest BCUT2D eigenvalue weighted by Crippen LogP contribution is 2.49. The highest BCUT2D eigenvalue weighted by Gasteiger charge is 2.34. The van der Waals surface area contributed by atoms with Crippen molar-refractivity contribution in [2.24, 2.45) is 11.3 Å². The quantitative estimate of drug-likeness (QED) is 0.267. The van der Waals surface area contributed by atoms with Crippen LogP contribution in [0.5, 0.6) is 0 Å². The first-order valence-electron chi connectivity index (χ1n) is 8.98. The Morgan fingerprint density at radius 3 is 2.39 bits per heavy atom. The van der Waals surface area contributed by atoms with Gasteiger partial charge in [-0.25, -0.2) is 0 Å². The first-order chi connectivity index (χ1) is 10.5. The van der Waals surface area contributed by atoms with Crippen LogP contribution in [0.2, 0.25) is 0 Å². The van der Waals surface area contributed by atoms with Crippen molar-refractivity contribution in [2.75, 3.05) is 5.75 Å². The Balaban J connectivity index is 2.29. The lowest BCUT2D eigenvalue weighted by Gasteiger charge is -2.37. The SMILES string of the molecule is CC(C)C(C)(C)CC(C)(C)OC(=O)CCCCC1(C)CCSS1. The van der Waals surface area contributed by atoms with Gasteiger partial charge in [0.15, 0.2) is 0 Å². The second-order valence-corrected chi connectivity index (χ2v) is 11.9. The molecule has 0 aromatic carbocycles. The van der Waals surface area contributed by atoms with Crippen molar-refractivity contribution in [3.63, 3.8) is 0 Å². The first kappa shape index (κ1) is 21.2. The van der Waals surface area contributed by atoms with Gasteiger partial charge in [-0.2, -0.15) is 0 Å². The lowest BCUT2D eigenvalue weighted by Crippen LogP contribution is -2.36. The van der Waals surface area contributed by atoms with Gasteiger partial charge in [-0.1, -0.05) is 55.7 Å². The number of esters is 1. The molecule has 1 rings (SSSR count). The molecular weight excluding hydrogens is 324 g/mol. The van der Waals surface area contributed by atoms with E-state index in [0.29, 0.717) is 17.1 Å². The molecule has 1 fully saturated rings. The van der Waals surface area contributed by atoms with Crippen LogP contribution in [0, 0.1) is 11.3 Å². The molecule has 0 amide bonds. The second-order valence-electron chi connectivity index (χ2n) is 8.87. The Bertz CT molecular complexity index is 383. The summed E-state index contributed by atoms with van der Waals surface area (Å²) in [4.78, 5) is 12.2. The number of rotatable bonds is 9. The molecule has 1 saturated heterocycles. The summed E-state index contributed by atoms with van der Waals surface area (Å²) < 4.78 is 6.20. The summed E-state index contributed by atoms with van der Waals surface area (Å²) in [7, 11) is 4.01. The number of ether oxygens (including phenoxy) is 1. The number of hydrogen-bond acceptors (Lipinski definition) is 4. The lowest BCUT2D eigenvalue weighted by molar-refractivity contribution is -0.159. The topological polar surface area (TPSA) is 26.3 Å². The van der Waals surface area contributed by atoms with Crippen molar-refractivity contribution >= 4 is 27.6 Å². The molecule has 0 aromatic rings. The van der Waals surface area contributed by atoms with Gasteiger partial charge in [0.2, 0.25) is 0 Å². The van der Waals surface area contributed by atoms with E-state index in [-0.39, 0.29) is 17.0 Å². The van der Waals surface area contributed by atoms with E-state index in [1.165, 1.54) is 18.6 Å². The maximum atomic E-state index is 12.2. The predicted octanol–water partition coefficient (Wildman–Crippen LogP) is 6.48. The second kappa shape index (κ2) is 8.51. The van der Waals surface area contributed by atoms with Gasteiger partial charge in [0, 0.05) is 16.9 Å². The third-order valence-corrected chi connectivity index (χ3v) is 8.51. The van der Waals surface area contributed by atoms with Crippen molar-refractivity contribution in [1.82, 2.24) is 0 Å². The van der Waals surface area contributed by atoms with Crippen LogP contribution >= 0.6 is 21.6 Å². The number of carbonyl (C=O) groups is 1. The summed E-state index contributed by atoms with van der Waals surface area (Å²) >= 11 is 0. The number of unbranched alkanes of at least 4 members (excludes halogenated alkanes) is 1. The summed E-state index contributed by atoms with van der Waals surface area (Å²) in [5.41, 5.74) is -0.204. The third-order valence-electron chi connectivity index (χ3n) is 5.15. The van der Waals surface area contributed by atoms with Gasteiger partial charge < -0.3 is 4.74 Å². The van der Waals surface area contributed by atoms with Crippen LogP contribution in [0.4, 0.5) is 0 Å². The van der Waals surface area contributed by atoms with Crippen LogP contribution in [0.25, 0.3) is 0 Å². The summed E-state index contributed by atoms with van der Waals surface area (Å²) in [6.45, 7) is 15.4. The van der Waals surface area contributed by atoms with Gasteiger partial charge in [0.25, 0.3) is 0 Å². The highest BCUT2D eigenvalue weighted by atomic mass is 33.1. The highest BCUT2D eigenvalue weighted by molar-refractivity contribution is 8.77. The zero-order valence-electron chi connectivity index (χ0n) is 16.2. The molecule has 1 atom stereocenters. The Morgan fingerprint density at radius 2 is 1.87 bits per heavy atom. The van der Waals surface area contributed by atoms with Crippen LogP contribution in [0.1, 0.15) is 87.0 Å². The van der Waals surface area contributed by atoms with E-state index >= 15 is 0 Å². The van der Waals surface area contributed by atoms with Gasteiger partial charge in [-0.15, -0.1) is 0 Å². The largest absolute Gasteiger partial charge is 0.460 e. The monoisotopic (exact) mass is 360 g/mol. The molecule has 1 unspecified atom stereocenters. The molecular formula is C19H36O2S2. The summed E-state index contributed by atoms with van der Waals surface area (Å²) in [5, 5.41) is 0. The average Bonchev–Trinajstić information content (AvgIpc) is 2.80. The molecule has 0 aromatic heterocycles. The molecule has 0 N–H and O–H groups in total. The molecule has 0 aliphatic carbocycles. The normalized spacial score (nSPS) is 22.6. The fraction of sp³-hybridized carbons (Fsp3) is 0.947. The van der Waals surface area contributed by atoms with Crippen LogP contribution in [0.3, 0.4) is 0 Å². The molecule has 136 valence electrons. The predicted molar refractivity (Wildman–Crippen MR) is 105 cm³/mol. The molecule has 0 bridgehead atoms. The molecule has 1 heterocycles. The Morgan fingerprint density at radius 1 is 1.22 bits per heavy atom. The van der Waals surface area contributed by atoms with Crippen LogP contribution in [-0.4, -0.2) is 22.1 Å². The molecule has 1 aliphatic rings. The average molecular weight is 361 g/mol. The van der Waals surface area contributed by atoms with Crippen LogP contribution < -0.4 is 0 Å². The van der Waals surface area contributed by atoms with Crippen molar-refractivity contribution in [3.8, 4) is 0 Å². The third kappa shape index (κ3) is 7.72. The molecule has 4 heteroatoms. The maximum Gasteiger partial charge on any atom is 0.306 e. The smallest absolute Gasteiger partial charge is 0.306 e. The minimum Gasteiger partial charge on any atom is -0.460 e. The van der Waals surface area contributed by atoms with Crippen molar-refractivity contribution < 1.29 is 9.53 Å². The maximum absolute atomic E-state index is 12.2. The molecule has 23 heavy (non-hydrogen) atoms. The minimum atomic E-state index is -0.380. The standard InChI is InChI=1S/C19H36O2S2/c1-15(2)17(3,4)14-18(5,6)21-16(20)10-8-9-11-19(7)12-13-22-23-19/h15H,8-14H2,1-7H3.